The molecule has 0 spiro atoms. The van der Waals surface area contributed by atoms with Gasteiger partial charge in [0, 0.05) is 43.6 Å². The van der Waals surface area contributed by atoms with Crippen LogP contribution in [-0.2, 0) is 11.2 Å². The van der Waals surface area contributed by atoms with Gasteiger partial charge in [0.25, 0.3) is 0 Å². The van der Waals surface area contributed by atoms with Crippen LogP contribution in [0.5, 0.6) is 11.5 Å². The minimum absolute atomic E-state index is 0.0542. The molecule has 0 amide bonds. The predicted octanol–water partition coefficient (Wildman–Crippen LogP) is 4.55. The molecule has 2 heterocycles. The van der Waals surface area contributed by atoms with E-state index in [1.165, 1.54) is 5.56 Å². The molecule has 6 heteroatoms. The van der Waals surface area contributed by atoms with Gasteiger partial charge < -0.3 is 19.2 Å². The number of hydrogen-bond acceptors (Lipinski definition) is 6. The molecule has 0 aliphatic carbocycles. The van der Waals surface area contributed by atoms with Crippen LogP contribution in [0.4, 0.5) is 5.69 Å². The first-order chi connectivity index (χ1) is 16.6. The SMILES string of the molecule is COc1ccc(N2CCN([C@H](C=O)c3ccccn3)C(Cc3ccccc3)C2)cc1OC(C)C. The molecular weight excluding hydrogens is 426 g/mol. The molecule has 178 valence electrons. The van der Waals surface area contributed by atoms with Gasteiger partial charge in [-0.15, -0.1) is 0 Å². The van der Waals surface area contributed by atoms with E-state index in [-0.39, 0.29) is 18.2 Å². The van der Waals surface area contributed by atoms with Crippen LogP contribution in [0.2, 0.25) is 0 Å². The van der Waals surface area contributed by atoms with Gasteiger partial charge in [-0.3, -0.25) is 9.88 Å². The maximum atomic E-state index is 12.2. The Balaban J connectivity index is 1.62. The Bertz CT molecular complexity index is 1060. The summed E-state index contributed by atoms with van der Waals surface area (Å²) in [5, 5.41) is 0. The zero-order chi connectivity index (χ0) is 23.9. The summed E-state index contributed by atoms with van der Waals surface area (Å²) in [6.07, 6.45) is 3.68. The Labute approximate surface area is 202 Å². The molecule has 1 unspecified atom stereocenters. The predicted molar refractivity (Wildman–Crippen MR) is 135 cm³/mol. The van der Waals surface area contributed by atoms with Crippen molar-refractivity contribution < 1.29 is 14.3 Å². The Morgan fingerprint density at radius 3 is 2.50 bits per heavy atom. The van der Waals surface area contributed by atoms with Gasteiger partial charge in [-0.05, 0) is 50.1 Å². The van der Waals surface area contributed by atoms with Crippen LogP contribution in [0.25, 0.3) is 0 Å². The first kappa shape index (κ1) is 23.8. The summed E-state index contributed by atoms with van der Waals surface area (Å²) in [6, 6.07) is 22.1. The van der Waals surface area contributed by atoms with Gasteiger partial charge in [-0.2, -0.15) is 0 Å². The lowest BCUT2D eigenvalue weighted by atomic mass is 9.98. The quantitative estimate of drug-likeness (QED) is 0.438. The Kier molecular flexibility index (Phi) is 7.80. The van der Waals surface area contributed by atoms with Crippen LogP contribution in [0.3, 0.4) is 0 Å². The van der Waals surface area contributed by atoms with Crippen molar-refractivity contribution in [2.24, 2.45) is 0 Å². The zero-order valence-electron chi connectivity index (χ0n) is 20.1. The minimum atomic E-state index is -0.368. The second-order valence-corrected chi connectivity index (χ2v) is 8.86. The number of anilines is 1. The van der Waals surface area contributed by atoms with Gasteiger partial charge in [0.1, 0.15) is 12.3 Å². The zero-order valence-corrected chi connectivity index (χ0v) is 20.1. The lowest BCUT2D eigenvalue weighted by Gasteiger charge is -2.44. The normalized spacial score (nSPS) is 17.4. The number of nitrogens with zero attached hydrogens (tertiary/aromatic N) is 3. The molecule has 4 rings (SSSR count). The van der Waals surface area contributed by atoms with Crippen molar-refractivity contribution in [1.82, 2.24) is 9.88 Å². The number of ether oxygens (including phenoxy) is 2. The van der Waals surface area contributed by atoms with E-state index in [1.807, 2.05) is 44.2 Å². The van der Waals surface area contributed by atoms with E-state index >= 15 is 0 Å². The fourth-order valence-corrected chi connectivity index (χ4v) is 4.61. The third-order valence-corrected chi connectivity index (χ3v) is 6.19. The Morgan fingerprint density at radius 1 is 1.03 bits per heavy atom. The molecule has 1 saturated heterocycles. The van der Waals surface area contributed by atoms with Crippen LogP contribution < -0.4 is 14.4 Å². The summed E-state index contributed by atoms with van der Waals surface area (Å²) in [4.78, 5) is 21.4. The average molecular weight is 460 g/mol. The molecular formula is C28H33N3O3. The monoisotopic (exact) mass is 459 g/mol. The summed E-state index contributed by atoms with van der Waals surface area (Å²) < 4.78 is 11.5. The number of rotatable bonds is 9. The highest BCUT2D eigenvalue weighted by molar-refractivity contribution is 5.61. The lowest BCUT2D eigenvalue weighted by Crippen LogP contribution is -2.55. The van der Waals surface area contributed by atoms with Crippen molar-refractivity contribution in [1.29, 1.82) is 0 Å². The van der Waals surface area contributed by atoms with E-state index in [0.29, 0.717) is 0 Å². The van der Waals surface area contributed by atoms with Gasteiger partial charge in [0.15, 0.2) is 11.5 Å². The maximum Gasteiger partial charge on any atom is 0.163 e. The largest absolute Gasteiger partial charge is 0.493 e. The van der Waals surface area contributed by atoms with E-state index in [4.69, 9.17) is 9.47 Å². The highest BCUT2D eigenvalue weighted by Crippen LogP contribution is 2.34. The molecule has 0 radical (unpaired) electrons. The van der Waals surface area contributed by atoms with Crippen LogP contribution in [-0.4, -0.2) is 55.1 Å². The van der Waals surface area contributed by atoms with Crippen molar-refractivity contribution in [3.05, 3.63) is 84.2 Å². The first-order valence-corrected chi connectivity index (χ1v) is 11.8. The standard InChI is InChI=1S/C28H33N3O3/c1-21(2)34-28-18-23(12-13-27(28)33-3)30-15-16-31(26(20-32)25-11-7-8-14-29-25)24(19-30)17-22-9-5-4-6-10-22/h4-14,18,20-21,24,26H,15-17,19H2,1-3H3/t24?,26-/m1/s1. The maximum absolute atomic E-state index is 12.2. The fourth-order valence-electron chi connectivity index (χ4n) is 4.61. The van der Waals surface area contributed by atoms with Crippen molar-refractivity contribution >= 4 is 12.0 Å². The molecule has 1 aliphatic rings. The summed E-state index contributed by atoms with van der Waals surface area (Å²) in [5.74, 6) is 1.48. The van der Waals surface area contributed by atoms with E-state index in [1.54, 1.807) is 13.3 Å². The molecule has 0 saturated carbocycles. The van der Waals surface area contributed by atoms with Gasteiger partial charge >= 0.3 is 0 Å². The molecule has 34 heavy (non-hydrogen) atoms. The smallest absolute Gasteiger partial charge is 0.163 e. The number of aromatic nitrogens is 1. The third-order valence-electron chi connectivity index (χ3n) is 6.19. The Morgan fingerprint density at radius 2 is 1.82 bits per heavy atom. The lowest BCUT2D eigenvalue weighted by molar-refractivity contribution is -0.113. The third kappa shape index (κ3) is 5.57. The molecule has 6 nitrogen and oxygen atoms in total. The van der Waals surface area contributed by atoms with Crippen LogP contribution in [0.1, 0.15) is 31.1 Å². The second-order valence-electron chi connectivity index (χ2n) is 8.86. The summed E-state index contributed by atoms with van der Waals surface area (Å²) >= 11 is 0. The molecule has 1 aliphatic heterocycles. The van der Waals surface area contributed by atoms with Crippen molar-refractivity contribution in [3.63, 3.8) is 0 Å². The average Bonchev–Trinajstić information content (AvgIpc) is 2.86. The fraction of sp³-hybridized carbons (Fsp3) is 0.357. The number of carbonyl (C=O) groups is 1. The van der Waals surface area contributed by atoms with Crippen molar-refractivity contribution in [2.75, 3.05) is 31.6 Å². The minimum Gasteiger partial charge on any atom is -0.493 e. The van der Waals surface area contributed by atoms with Crippen molar-refractivity contribution in [3.8, 4) is 11.5 Å². The number of hydrogen-bond donors (Lipinski definition) is 0. The van der Waals surface area contributed by atoms with E-state index in [2.05, 4.69) is 51.2 Å². The van der Waals surface area contributed by atoms with Crippen molar-refractivity contribution in [2.45, 2.75) is 38.5 Å². The van der Waals surface area contributed by atoms with E-state index in [0.717, 1.165) is 55.2 Å². The number of piperazine rings is 1. The van der Waals surface area contributed by atoms with Gasteiger partial charge in [-0.25, -0.2) is 0 Å². The number of benzene rings is 2. The first-order valence-electron chi connectivity index (χ1n) is 11.8. The van der Waals surface area contributed by atoms with Crippen LogP contribution in [0.15, 0.2) is 72.9 Å². The summed E-state index contributed by atoms with van der Waals surface area (Å²) in [6.45, 7) is 6.37. The number of carbonyl (C=O) groups excluding carboxylic acids is 1. The van der Waals surface area contributed by atoms with Gasteiger partial charge in [0.05, 0.1) is 18.9 Å². The van der Waals surface area contributed by atoms with Crippen LogP contribution in [0, 0.1) is 0 Å². The molecule has 1 aromatic heterocycles. The highest BCUT2D eigenvalue weighted by Gasteiger charge is 2.33. The Hall–Kier alpha value is -3.38. The summed E-state index contributed by atoms with van der Waals surface area (Å²) in [5.41, 5.74) is 3.14. The van der Waals surface area contributed by atoms with E-state index < -0.39 is 0 Å². The topological polar surface area (TPSA) is 54.9 Å². The highest BCUT2D eigenvalue weighted by atomic mass is 16.5. The molecule has 0 bridgehead atoms. The number of pyridine rings is 1. The van der Waals surface area contributed by atoms with Gasteiger partial charge in [-0.1, -0.05) is 36.4 Å². The van der Waals surface area contributed by atoms with Crippen LogP contribution >= 0.6 is 0 Å². The number of aldehydes is 1. The second kappa shape index (κ2) is 11.2. The van der Waals surface area contributed by atoms with E-state index in [9.17, 15) is 4.79 Å². The summed E-state index contributed by atoms with van der Waals surface area (Å²) in [7, 11) is 1.66. The molecule has 3 aromatic rings. The molecule has 2 atom stereocenters. The number of methoxy groups -OCH3 is 1. The molecule has 2 aromatic carbocycles. The molecule has 1 fully saturated rings. The van der Waals surface area contributed by atoms with Gasteiger partial charge in [0.2, 0.25) is 0 Å². The molecule has 0 N–H and O–H groups in total.